The largest absolute Gasteiger partial charge is 0.365 e. The van der Waals surface area contributed by atoms with Gasteiger partial charge in [0, 0.05) is 37.6 Å². The van der Waals surface area contributed by atoms with Gasteiger partial charge in [-0.2, -0.15) is 0 Å². The van der Waals surface area contributed by atoms with Gasteiger partial charge >= 0.3 is 0 Å². The van der Waals surface area contributed by atoms with Crippen LogP contribution in [0.1, 0.15) is 26.3 Å². The van der Waals surface area contributed by atoms with Crippen molar-refractivity contribution in [3.05, 3.63) is 58.4 Å². The summed E-state index contributed by atoms with van der Waals surface area (Å²) in [5.41, 5.74) is 0.251. The molecule has 1 N–H and O–H groups in total. The van der Waals surface area contributed by atoms with Crippen molar-refractivity contribution in [2.45, 2.75) is 37.8 Å². The zero-order valence-electron chi connectivity index (χ0n) is 15.1. The van der Waals surface area contributed by atoms with Crippen LogP contribution in [-0.4, -0.2) is 30.9 Å². The summed E-state index contributed by atoms with van der Waals surface area (Å²) < 4.78 is 27.4. The summed E-state index contributed by atoms with van der Waals surface area (Å²) in [7, 11) is -2.15. The zero-order valence-corrected chi connectivity index (χ0v) is 15.9. The van der Waals surface area contributed by atoms with Crippen LogP contribution in [-0.2, 0) is 16.6 Å². The smallest absolute Gasteiger partial charge is 0.293 e. The van der Waals surface area contributed by atoms with E-state index in [0.717, 1.165) is 11.6 Å². The van der Waals surface area contributed by atoms with E-state index in [1.54, 1.807) is 51.2 Å². The first-order valence-corrected chi connectivity index (χ1v) is 9.40. The van der Waals surface area contributed by atoms with Crippen molar-refractivity contribution in [3.63, 3.8) is 0 Å². The summed E-state index contributed by atoms with van der Waals surface area (Å²) in [6, 6.07) is 7.55. The molecule has 1 aromatic carbocycles. The van der Waals surface area contributed by atoms with E-state index in [1.165, 1.54) is 12.1 Å². The number of anilines is 1. The van der Waals surface area contributed by atoms with Gasteiger partial charge in [-0.05, 0) is 44.5 Å². The molecule has 2 aromatic rings. The normalized spacial score (nSPS) is 12.0. The first kappa shape index (κ1) is 19.8. The summed E-state index contributed by atoms with van der Waals surface area (Å²) in [4.78, 5) is 16.5. The molecule has 0 amide bonds. The number of nitrogens with zero attached hydrogens (tertiary/aromatic N) is 3. The summed E-state index contributed by atoms with van der Waals surface area (Å²) in [5.74, 6) is 0. The van der Waals surface area contributed by atoms with Crippen molar-refractivity contribution in [1.29, 1.82) is 0 Å². The molecular formula is C17H22N4O4S. The average Bonchev–Trinajstić information content (AvgIpc) is 2.53. The second kappa shape index (κ2) is 7.38. The Morgan fingerprint density at radius 1 is 1.27 bits per heavy atom. The number of rotatable bonds is 6. The quantitative estimate of drug-likeness (QED) is 0.612. The van der Waals surface area contributed by atoms with Crippen molar-refractivity contribution in [2.75, 3.05) is 11.9 Å². The highest BCUT2D eigenvalue weighted by molar-refractivity contribution is 7.89. The molecule has 140 valence electrons. The highest BCUT2D eigenvalue weighted by atomic mass is 32.2. The number of aromatic nitrogens is 1. The van der Waals surface area contributed by atoms with Crippen LogP contribution in [0.4, 0.5) is 11.4 Å². The average molecular weight is 378 g/mol. The van der Waals surface area contributed by atoms with E-state index in [1.807, 2.05) is 6.07 Å². The van der Waals surface area contributed by atoms with E-state index in [9.17, 15) is 18.5 Å². The third kappa shape index (κ3) is 4.99. The number of pyridine rings is 1. The predicted octanol–water partition coefficient (Wildman–Crippen LogP) is 2.70. The lowest BCUT2D eigenvalue weighted by atomic mass is 10.1. The van der Waals surface area contributed by atoms with Gasteiger partial charge in [0.2, 0.25) is 10.0 Å². The number of hydrogen-bond donors (Lipinski definition) is 1. The molecule has 0 aliphatic rings. The Labute approximate surface area is 153 Å². The van der Waals surface area contributed by atoms with E-state index in [0.29, 0.717) is 12.2 Å². The minimum absolute atomic E-state index is 0.141. The zero-order chi connectivity index (χ0) is 19.5. The topological polar surface area (TPSA) is 105 Å². The number of nitro groups is 1. The van der Waals surface area contributed by atoms with Gasteiger partial charge < -0.3 is 4.90 Å². The Bertz CT molecular complexity index is 893. The minimum atomic E-state index is -3.86. The van der Waals surface area contributed by atoms with Crippen LogP contribution in [0.5, 0.6) is 0 Å². The Balaban J connectivity index is 2.39. The highest BCUT2D eigenvalue weighted by Gasteiger charge is 2.26. The molecule has 0 fully saturated rings. The second-order valence-corrected chi connectivity index (χ2v) is 8.66. The first-order valence-electron chi connectivity index (χ1n) is 7.92. The van der Waals surface area contributed by atoms with Crippen LogP contribution < -0.4 is 9.62 Å². The molecule has 0 radical (unpaired) electrons. The molecule has 0 aliphatic heterocycles. The monoisotopic (exact) mass is 378 g/mol. The highest BCUT2D eigenvalue weighted by Crippen LogP contribution is 2.31. The fourth-order valence-electron chi connectivity index (χ4n) is 2.45. The maximum absolute atomic E-state index is 12.4. The van der Waals surface area contributed by atoms with Gasteiger partial charge in [-0.1, -0.05) is 6.07 Å². The van der Waals surface area contributed by atoms with Crippen LogP contribution in [0, 0.1) is 10.1 Å². The van der Waals surface area contributed by atoms with Crippen LogP contribution in [0.3, 0.4) is 0 Å². The number of hydrogen-bond acceptors (Lipinski definition) is 6. The first-order chi connectivity index (χ1) is 12.0. The molecule has 9 heteroatoms. The molecule has 1 aromatic heterocycles. The SMILES string of the molecule is CN(Cc1cccnc1)c1ccc(S(=O)(=O)NC(C)(C)C)cc1[N+](=O)[O-]. The summed E-state index contributed by atoms with van der Waals surface area (Å²) in [5, 5.41) is 11.5. The molecule has 0 saturated carbocycles. The Hall–Kier alpha value is -2.52. The van der Waals surface area contributed by atoms with Crippen LogP contribution in [0.15, 0.2) is 47.6 Å². The van der Waals surface area contributed by atoms with Crippen LogP contribution in [0.2, 0.25) is 0 Å². The molecule has 0 saturated heterocycles. The molecule has 0 aliphatic carbocycles. The van der Waals surface area contributed by atoms with Crippen molar-refractivity contribution in [2.24, 2.45) is 0 Å². The number of sulfonamides is 1. The summed E-state index contributed by atoms with van der Waals surface area (Å²) in [6.07, 6.45) is 3.32. The molecule has 0 spiro atoms. The second-order valence-electron chi connectivity index (χ2n) is 6.98. The number of benzene rings is 1. The van der Waals surface area contributed by atoms with E-state index >= 15 is 0 Å². The molecule has 0 atom stereocenters. The van der Waals surface area contributed by atoms with E-state index < -0.39 is 20.5 Å². The van der Waals surface area contributed by atoms with Gasteiger partial charge in [0.15, 0.2) is 0 Å². The Kier molecular flexibility index (Phi) is 5.62. The standard InChI is InChI=1S/C17H22N4O4S/c1-17(2,3)19-26(24,25)14-7-8-15(16(10-14)21(22)23)20(4)12-13-6-5-9-18-11-13/h5-11,19H,12H2,1-4H3. The minimum Gasteiger partial charge on any atom is -0.365 e. The van der Waals surface area contributed by atoms with Crippen LogP contribution in [0.25, 0.3) is 0 Å². The van der Waals surface area contributed by atoms with E-state index in [-0.39, 0.29) is 10.6 Å². The van der Waals surface area contributed by atoms with Gasteiger partial charge in [-0.25, -0.2) is 13.1 Å². The van der Waals surface area contributed by atoms with E-state index in [4.69, 9.17) is 0 Å². The fourth-order valence-corrected chi connectivity index (χ4v) is 3.89. The van der Waals surface area contributed by atoms with E-state index in [2.05, 4.69) is 9.71 Å². The van der Waals surface area contributed by atoms with Crippen LogP contribution >= 0.6 is 0 Å². The molecule has 0 unspecified atom stereocenters. The Morgan fingerprint density at radius 2 is 1.96 bits per heavy atom. The lowest BCUT2D eigenvalue weighted by Crippen LogP contribution is -2.40. The van der Waals surface area contributed by atoms with Gasteiger partial charge in [0.1, 0.15) is 5.69 Å². The number of nitrogens with one attached hydrogen (secondary N) is 1. The maximum Gasteiger partial charge on any atom is 0.293 e. The van der Waals surface area contributed by atoms with Gasteiger partial charge in [0.05, 0.1) is 9.82 Å². The number of nitro benzene ring substituents is 1. The summed E-state index contributed by atoms with van der Waals surface area (Å²) in [6.45, 7) is 5.51. The summed E-state index contributed by atoms with van der Waals surface area (Å²) >= 11 is 0. The van der Waals surface area contributed by atoms with Crippen molar-refractivity contribution >= 4 is 21.4 Å². The fraction of sp³-hybridized carbons (Fsp3) is 0.353. The third-order valence-corrected chi connectivity index (χ3v) is 5.20. The maximum atomic E-state index is 12.4. The van der Waals surface area contributed by atoms with Crippen molar-refractivity contribution in [3.8, 4) is 0 Å². The molecule has 0 bridgehead atoms. The lowest BCUT2D eigenvalue weighted by Gasteiger charge is -2.22. The third-order valence-electron chi connectivity index (χ3n) is 3.45. The van der Waals surface area contributed by atoms with Gasteiger partial charge in [-0.15, -0.1) is 0 Å². The molecule has 8 nitrogen and oxygen atoms in total. The van der Waals surface area contributed by atoms with Gasteiger partial charge in [0.25, 0.3) is 5.69 Å². The van der Waals surface area contributed by atoms with Gasteiger partial charge in [-0.3, -0.25) is 15.1 Å². The lowest BCUT2D eigenvalue weighted by molar-refractivity contribution is -0.384. The van der Waals surface area contributed by atoms with Crippen molar-refractivity contribution < 1.29 is 13.3 Å². The molecular weight excluding hydrogens is 356 g/mol. The predicted molar refractivity (Wildman–Crippen MR) is 99.5 cm³/mol. The molecule has 26 heavy (non-hydrogen) atoms. The molecule has 1 heterocycles. The molecule has 2 rings (SSSR count). The van der Waals surface area contributed by atoms with Crippen molar-refractivity contribution in [1.82, 2.24) is 9.71 Å². The Morgan fingerprint density at radius 3 is 2.50 bits per heavy atom.